The molecular weight excluding hydrogens is 417 g/mol. The van der Waals surface area contributed by atoms with Crippen molar-refractivity contribution in [3.8, 4) is 5.75 Å². The van der Waals surface area contributed by atoms with E-state index >= 15 is 0 Å². The summed E-state index contributed by atoms with van der Waals surface area (Å²) < 4.78 is 10.9. The molecule has 0 fully saturated rings. The molecule has 0 heterocycles. The zero-order valence-electron chi connectivity index (χ0n) is 13.1. The van der Waals surface area contributed by atoms with Gasteiger partial charge in [0.1, 0.15) is 12.4 Å². The number of aliphatic imine (C=N–C) groups is 1. The molecule has 0 radical (unpaired) electrons. The highest BCUT2D eigenvalue weighted by atomic mass is 127. The predicted molar refractivity (Wildman–Crippen MR) is 103 cm³/mol. The predicted octanol–water partition coefficient (Wildman–Crippen LogP) is 2.93. The molecule has 5 nitrogen and oxygen atoms in total. The van der Waals surface area contributed by atoms with Gasteiger partial charge in [0.25, 0.3) is 0 Å². The normalized spacial score (nSPS) is 10.8. The highest BCUT2D eigenvalue weighted by Crippen LogP contribution is 2.16. The third kappa shape index (κ3) is 10.1. The first-order valence-electron chi connectivity index (χ1n) is 7.17. The van der Waals surface area contributed by atoms with Gasteiger partial charge in [-0.15, -0.1) is 24.0 Å². The van der Waals surface area contributed by atoms with Crippen LogP contribution in [0.4, 0.5) is 0 Å². The molecular formula is C15H25ClIN3O2. The maximum absolute atomic E-state index is 5.89. The summed E-state index contributed by atoms with van der Waals surface area (Å²) in [5.41, 5.74) is 0. The van der Waals surface area contributed by atoms with Gasteiger partial charge < -0.3 is 20.1 Å². The Morgan fingerprint density at radius 2 is 2.00 bits per heavy atom. The first-order chi connectivity index (χ1) is 10.3. The number of hydrogen-bond donors (Lipinski definition) is 2. The van der Waals surface area contributed by atoms with Crippen LogP contribution < -0.4 is 15.4 Å². The van der Waals surface area contributed by atoms with Gasteiger partial charge in [-0.25, -0.2) is 0 Å². The van der Waals surface area contributed by atoms with Crippen molar-refractivity contribution in [3.05, 3.63) is 29.3 Å². The van der Waals surface area contributed by atoms with Crippen molar-refractivity contribution >= 4 is 41.5 Å². The molecule has 1 rings (SSSR count). The van der Waals surface area contributed by atoms with E-state index in [1.54, 1.807) is 13.1 Å². The lowest BCUT2D eigenvalue weighted by Gasteiger charge is -2.12. The van der Waals surface area contributed by atoms with Crippen molar-refractivity contribution in [1.29, 1.82) is 0 Å². The SMILES string of the molecule is CCOCCCNC(=NC)NCCOc1cccc(Cl)c1.I. The minimum Gasteiger partial charge on any atom is -0.492 e. The van der Waals surface area contributed by atoms with E-state index in [9.17, 15) is 0 Å². The molecule has 1 aromatic carbocycles. The van der Waals surface area contributed by atoms with Crippen molar-refractivity contribution in [3.63, 3.8) is 0 Å². The van der Waals surface area contributed by atoms with Crippen LogP contribution in [0, 0.1) is 0 Å². The van der Waals surface area contributed by atoms with Crippen LogP contribution in [0.25, 0.3) is 0 Å². The Balaban J connectivity index is 0.00000441. The Kier molecular flexibility index (Phi) is 13.4. The summed E-state index contributed by atoms with van der Waals surface area (Å²) in [4.78, 5) is 4.14. The molecule has 0 saturated carbocycles. The molecule has 1 aromatic rings. The largest absolute Gasteiger partial charge is 0.492 e. The minimum absolute atomic E-state index is 0. The van der Waals surface area contributed by atoms with E-state index < -0.39 is 0 Å². The number of guanidine groups is 1. The Hall–Kier alpha value is -0.730. The summed E-state index contributed by atoms with van der Waals surface area (Å²) >= 11 is 5.89. The lowest BCUT2D eigenvalue weighted by molar-refractivity contribution is 0.145. The fourth-order valence-corrected chi connectivity index (χ4v) is 1.82. The Labute approximate surface area is 154 Å². The third-order valence-corrected chi connectivity index (χ3v) is 2.88. The van der Waals surface area contributed by atoms with Crippen LogP contribution in [0.2, 0.25) is 5.02 Å². The van der Waals surface area contributed by atoms with Gasteiger partial charge >= 0.3 is 0 Å². The van der Waals surface area contributed by atoms with E-state index in [1.807, 2.05) is 25.1 Å². The van der Waals surface area contributed by atoms with E-state index in [0.717, 1.165) is 37.9 Å². The van der Waals surface area contributed by atoms with Crippen LogP contribution in [0.1, 0.15) is 13.3 Å². The van der Waals surface area contributed by atoms with Gasteiger partial charge in [-0.1, -0.05) is 17.7 Å². The average Bonchev–Trinajstić information content (AvgIpc) is 2.49. The molecule has 0 saturated heterocycles. The minimum atomic E-state index is 0. The first kappa shape index (κ1) is 21.3. The quantitative estimate of drug-likeness (QED) is 0.268. The van der Waals surface area contributed by atoms with Crippen molar-refractivity contribution in [2.75, 3.05) is 40.0 Å². The van der Waals surface area contributed by atoms with Gasteiger partial charge in [0, 0.05) is 31.8 Å². The summed E-state index contributed by atoms with van der Waals surface area (Å²) in [6.45, 7) is 5.55. The van der Waals surface area contributed by atoms with E-state index in [2.05, 4.69) is 15.6 Å². The molecule has 2 N–H and O–H groups in total. The Morgan fingerprint density at radius 1 is 1.23 bits per heavy atom. The van der Waals surface area contributed by atoms with Crippen molar-refractivity contribution in [1.82, 2.24) is 10.6 Å². The van der Waals surface area contributed by atoms with Gasteiger partial charge in [0.15, 0.2) is 5.96 Å². The van der Waals surface area contributed by atoms with Crippen LogP contribution in [0.15, 0.2) is 29.3 Å². The van der Waals surface area contributed by atoms with Crippen LogP contribution in [-0.2, 0) is 4.74 Å². The van der Waals surface area contributed by atoms with E-state index in [0.29, 0.717) is 18.2 Å². The van der Waals surface area contributed by atoms with Gasteiger partial charge in [0.2, 0.25) is 0 Å². The highest BCUT2D eigenvalue weighted by molar-refractivity contribution is 14.0. The number of halogens is 2. The number of hydrogen-bond acceptors (Lipinski definition) is 3. The van der Waals surface area contributed by atoms with Crippen LogP contribution in [0.3, 0.4) is 0 Å². The van der Waals surface area contributed by atoms with Crippen LogP contribution in [-0.4, -0.2) is 45.9 Å². The van der Waals surface area contributed by atoms with Crippen molar-refractivity contribution < 1.29 is 9.47 Å². The molecule has 0 aliphatic carbocycles. The monoisotopic (exact) mass is 441 g/mol. The molecule has 0 aliphatic heterocycles. The molecule has 22 heavy (non-hydrogen) atoms. The third-order valence-electron chi connectivity index (χ3n) is 2.64. The first-order valence-corrected chi connectivity index (χ1v) is 7.54. The molecule has 0 spiro atoms. The second-order valence-electron chi connectivity index (χ2n) is 4.28. The smallest absolute Gasteiger partial charge is 0.191 e. The highest BCUT2D eigenvalue weighted by Gasteiger charge is 1.98. The molecule has 0 atom stereocenters. The van der Waals surface area contributed by atoms with Crippen molar-refractivity contribution in [2.45, 2.75) is 13.3 Å². The number of nitrogens with zero attached hydrogens (tertiary/aromatic N) is 1. The number of nitrogens with one attached hydrogen (secondary N) is 2. The van der Waals surface area contributed by atoms with Gasteiger partial charge in [-0.3, -0.25) is 4.99 Å². The summed E-state index contributed by atoms with van der Waals surface area (Å²) in [5, 5.41) is 7.08. The lowest BCUT2D eigenvalue weighted by atomic mass is 10.3. The molecule has 0 aromatic heterocycles. The molecule has 0 unspecified atom stereocenters. The van der Waals surface area contributed by atoms with Gasteiger partial charge in [0.05, 0.1) is 6.54 Å². The van der Waals surface area contributed by atoms with Gasteiger partial charge in [-0.2, -0.15) is 0 Å². The van der Waals surface area contributed by atoms with Gasteiger partial charge in [-0.05, 0) is 31.5 Å². The molecule has 0 amide bonds. The summed E-state index contributed by atoms with van der Waals surface area (Å²) in [6.07, 6.45) is 0.952. The summed E-state index contributed by atoms with van der Waals surface area (Å²) in [5.74, 6) is 1.53. The average molecular weight is 442 g/mol. The fraction of sp³-hybridized carbons (Fsp3) is 0.533. The molecule has 126 valence electrons. The fourth-order valence-electron chi connectivity index (χ4n) is 1.64. The zero-order chi connectivity index (χ0) is 15.3. The number of ether oxygens (including phenoxy) is 2. The lowest BCUT2D eigenvalue weighted by Crippen LogP contribution is -2.39. The summed E-state index contributed by atoms with van der Waals surface area (Å²) in [6, 6.07) is 7.36. The Bertz CT molecular complexity index is 433. The number of rotatable bonds is 9. The molecule has 0 aliphatic rings. The van der Waals surface area contributed by atoms with E-state index in [-0.39, 0.29) is 24.0 Å². The Morgan fingerprint density at radius 3 is 2.68 bits per heavy atom. The summed E-state index contributed by atoms with van der Waals surface area (Å²) in [7, 11) is 1.75. The van der Waals surface area contributed by atoms with E-state index in [4.69, 9.17) is 21.1 Å². The molecule has 0 bridgehead atoms. The number of benzene rings is 1. The maximum Gasteiger partial charge on any atom is 0.191 e. The van der Waals surface area contributed by atoms with Crippen LogP contribution >= 0.6 is 35.6 Å². The van der Waals surface area contributed by atoms with Crippen LogP contribution in [0.5, 0.6) is 5.75 Å². The second-order valence-corrected chi connectivity index (χ2v) is 4.72. The molecule has 7 heteroatoms. The van der Waals surface area contributed by atoms with Crippen molar-refractivity contribution in [2.24, 2.45) is 4.99 Å². The standard InChI is InChI=1S/C15H24ClN3O2.HI/c1-3-20-10-5-8-18-15(17-2)19-9-11-21-14-7-4-6-13(16)12-14;/h4,6-7,12H,3,5,8-11H2,1-2H3,(H2,17,18,19);1H. The maximum atomic E-state index is 5.89. The van der Waals surface area contributed by atoms with E-state index in [1.165, 1.54) is 0 Å². The zero-order valence-corrected chi connectivity index (χ0v) is 16.2. The topological polar surface area (TPSA) is 54.9 Å². The second kappa shape index (κ2) is 13.9.